The number of hydrogen-bond acceptors (Lipinski definition) is 2. The zero-order valence-corrected chi connectivity index (χ0v) is 42.3. The molecule has 1 aromatic heterocycles. The van der Waals surface area contributed by atoms with Gasteiger partial charge in [-0.15, -0.1) is 0 Å². The highest BCUT2D eigenvalue weighted by atomic mass is 15.2. The van der Waals surface area contributed by atoms with Crippen LogP contribution in [0.1, 0.15) is 27.7 Å². The second-order valence-corrected chi connectivity index (χ2v) is 20.4. The minimum atomic E-state index is -0.624. The van der Waals surface area contributed by atoms with Crippen LogP contribution in [0.5, 0.6) is 0 Å². The second kappa shape index (κ2) is 17.4. The number of nitrogens with zero attached hydrogens (tertiary/aromatic N) is 3. The number of hydrogen-bond donors (Lipinski definition) is 0. The first-order valence-corrected chi connectivity index (χ1v) is 26.7. The highest BCUT2D eigenvalue weighted by Gasteiger charge is 2.51. The van der Waals surface area contributed by atoms with Crippen molar-refractivity contribution < 1.29 is 5.48 Å². The van der Waals surface area contributed by atoms with Crippen molar-refractivity contribution >= 4 is 77.5 Å². The summed E-state index contributed by atoms with van der Waals surface area (Å²) in [5, 5.41) is 6.21. The summed E-state index contributed by atoms with van der Waals surface area (Å²) in [6, 6.07) is 94.9. The van der Waals surface area contributed by atoms with Gasteiger partial charge in [0.1, 0.15) is 0 Å². The summed E-state index contributed by atoms with van der Waals surface area (Å²) >= 11 is 0. The van der Waals surface area contributed by atoms with Crippen molar-refractivity contribution in [1.82, 2.24) is 4.57 Å². The molecule has 2 aliphatic rings. The number of rotatable bonds is 8. The molecule has 2 aliphatic carbocycles. The first kappa shape index (κ1) is 40.1. The molecule has 14 aromatic rings. The summed E-state index contributed by atoms with van der Waals surface area (Å²) in [4.78, 5) is 4.25. The van der Waals surface area contributed by atoms with Crippen LogP contribution in [0.3, 0.4) is 0 Å². The Hall–Kier alpha value is -10.2. The third kappa shape index (κ3) is 6.46. The van der Waals surface area contributed by atoms with Crippen molar-refractivity contribution in [3.05, 3.63) is 319 Å². The van der Waals surface area contributed by atoms with Crippen molar-refractivity contribution in [2.24, 2.45) is 0 Å². The van der Waals surface area contributed by atoms with E-state index in [2.05, 4.69) is 222 Å². The average Bonchev–Trinajstić information content (AvgIpc) is 2.06. The lowest BCUT2D eigenvalue weighted by Crippen LogP contribution is -2.26. The van der Waals surface area contributed by atoms with Gasteiger partial charge in [0, 0.05) is 50.0 Å². The Kier molecular flexibility index (Phi) is 8.97. The molecule has 0 radical (unpaired) electrons. The van der Waals surface area contributed by atoms with Gasteiger partial charge in [-0.3, -0.25) is 0 Å². The summed E-state index contributed by atoms with van der Waals surface area (Å²) in [5.74, 6) is 0. The second-order valence-electron chi connectivity index (χ2n) is 20.4. The van der Waals surface area contributed by atoms with E-state index in [1.54, 1.807) is 0 Å². The van der Waals surface area contributed by atoms with Crippen LogP contribution in [-0.2, 0) is 5.41 Å². The lowest BCUT2D eigenvalue weighted by molar-refractivity contribution is 0.793. The van der Waals surface area contributed by atoms with Crippen LogP contribution in [0, 0.1) is 0 Å². The van der Waals surface area contributed by atoms with Gasteiger partial charge < -0.3 is 14.4 Å². The Morgan fingerprint density at radius 2 is 0.795 bits per heavy atom. The monoisotopic (exact) mass is 995 g/mol. The molecule has 0 unspecified atom stereocenters. The first-order chi connectivity index (χ1) is 40.4. The summed E-state index contributed by atoms with van der Waals surface area (Å²) < 4.78 is 42.8. The van der Waals surface area contributed by atoms with Gasteiger partial charge in [0.05, 0.1) is 33.3 Å². The number of aromatic nitrogens is 1. The largest absolute Gasteiger partial charge is 0.310 e. The molecular weight excluding hydrogens is 943 g/mol. The first-order valence-electron chi connectivity index (χ1n) is 28.7. The van der Waals surface area contributed by atoms with E-state index in [0.29, 0.717) is 5.56 Å². The van der Waals surface area contributed by atoms with E-state index >= 15 is 0 Å². The Labute approximate surface area is 459 Å². The van der Waals surface area contributed by atoms with E-state index in [1.165, 1.54) is 38.8 Å². The van der Waals surface area contributed by atoms with E-state index in [4.69, 9.17) is 0 Å². The molecule has 0 bridgehead atoms. The molecule has 3 heteroatoms. The van der Waals surface area contributed by atoms with Gasteiger partial charge in [0.25, 0.3) is 0 Å². The molecule has 0 atom stereocenters. The SMILES string of the molecule is [2H]c1c([2H])c(N(c2ccccc2)c2ccc3c(c2)C2(c4ccccc4-c4ccccc42)c2ccccc2-3)c([2H])c([2H])c1-c1cccc2c(N(c3ccc4c5ccccc5n(-c5ccccc5)c4c3)c3cccc4ccccc34)cccc12. The molecule has 0 N–H and O–H groups in total. The third-order valence-corrected chi connectivity index (χ3v) is 16.4. The molecule has 364 valence electrons. The maximum Gasteiger partial charge on any atom is 0.0726 e. The molecule has 3 nitrogen and oxygen atoms in total. The molecule has 0 saturated heterocycles. The smallest absolute Gasteiger partial charge is 0.0726 e. The minimum absolute atomic E-state index is 0.122. The minimum Gasteiger partial charge on any atom is -0.310 e. The summed E-state index contributed by atoms with van der Waals surface area (Å²) in [6.45, 7) is 0. The molecule has 78 heavy (non-hydrogen) atoms. The predicted octanol–water partition coefficient (Wildman–Crippen LogP) is 20.0. The molecule has 0 amide bonds. The molecule has 0 fully saturated rings. The number of para-hydroxylation sites is 3. The Bertz CT molecular complexity index is 4850. The Morgan fingerprint density at radius 3 is 1.53 bits per heavy atom. The van der Waals surface area contributed by atoms with E-state index < -0.39 is 5.41 Å². The van der Waals surface area contributed by atoms with Crippen molar-refractivity contribution in [3.8, 4) is 39.1 Å². The standard InChI is InChI=1S/C75H49N3/c1-3-22-52(23-4-1)76(55-44-46-63-62-29-11-15-36-69(62)75(70(63)48-55)67-34-13-9-27-60(67)61-28-10-14-35-68(61)75)54-42-40-51(41-43-54)57-31-18-33-64-59(57)32-19-39-73(64)78(71-38-17-21-50-20-7-8-26-58(50)71)56-45-47-66-65-30-12-16-37-72(65)77(74(66)49-56)53-24-5-2-6-25-53/h1-49H/i40D,41D,42D,43D. The van der Waals surface area contributed by atoms with Crippen LogP contribution in [-0.4, -0.2) is 4.57 Å². The quantitative estimate of drug-likeness (QED) is 0.150. The number of fused-ring (bicyclic) bond motifs is 15. The van der Waals surface area contributed by atoms with Crippen molar-refractivity contribution in [2.75, 3.05) is 9.80 Å². The van der Waals surface area contributed by atoms with Crippen LogP contribution in [0.2, 0.25) is 0 Å². The third-order valence-electron chi connectivity index (χ3n) is 16.4. The molecule has 1 heterocycles. The van der Waals surface area contributed by atoms with Gasteiger partial charge in [-0.25, -0.2) is 0 Å². The molecule has 0 aliphatic heterocycles. The van der Waals surface area contributed by atoms with Gasteiger partial charge in [0.15, 0.2) is 0 Å². The zero-order valence-electron chi connectivity index (χ0n) is 46.3. The van der Waals surface area contributed by atoms with Gasteiger partial charge >= 0.3 is 0 Å². The van der Waals surface area contributed by atoms with E-state index in [0.717, 1.165) is 83.2 Å². The summed E-state index contributed by atoms with van der Waals surface area (Å²) in [5.41, 5.74) is 17.4. The molecule has 1 spiro atoms. The highest BCUT2D eigenvalue weighted by molar-refractivity contribution is 6.13. The fourth-order valence-corrected chi connectivity index (χ4v) is 13.2. The molecular formula is C75H49N3. The van der Waals surface area contributed by atoms with Crippen molar-refractivity contribution in [3.63, 3.8) is 0 Å². The van der Waals surface area contributed by atoms with E-state index in [-0.39, 0.29) is 35.4 Å². The predicted molar refractivity (Wildman–Crippen MR) is 327 cm³/mol. The van der Waals surface area contributed by atoms with Crippen LogP contribution in [0.25, 0.3) is 82.4 Å². The zero-order chi connectivity index (χ0) is 54.8. The highest BCUT2D eigenvalue weighted by Crippen LogP contribution is 2.63. The topological polar surface area (TPSA) is 11.4 Å². The lowest BCUT2D eigenvalue weighted by atomic mass is 9.70. The number of anilines is 6. The van der Waals surface area contributed by atoms with Gasteiger partial charge in [-0.1, -0.05) is 218 Å². The van der Waals surface area contributed by atoms with Crippen LogP contribution in [0.4, 0.5) is 34.1 Å². The van der Waals surface area contributed by atoms with Crippen molar-refractivity contribution in [1.29, 1.82) is 0 Å². The van der Waals surface area contributed by atoms with Crippen molar-refractivity contribution in [2.45, 2.75) is 5.41 Å². The fourth-order valence-electron chi connectivity index (χ4n) is 13.2. The van der Waals surface area contributed by atoms with Gasteiger partial charge in [-0.05, 0) is 145 Å². The Morgan fingerprint density at radius 1 is 0.295 bits per heavy atom. The van der Waals surface area contributed by atoms with E-state index in [1.807, 2.05) is 65.6 Å². The molecule has 16 rings (SSSR count). The normalized spacial score (nSPS) is 13.4. The fraction of sp³-hybridized carbons (Fsp3) is 0.0133. The summed E-state index contributed by atoms with van der Waals surface area (Å²) in [6.07, 6.45) is 0. The van der Waals surface area contributed by atoms with Crippen LogP contribution >= 0.6 is 0 Å². The van der Waals surface area contributed by atoms with Crippen LogP contribution in [0.15, 0.2) is 297 Å². The maximum absolute atomic E-state index is 10.1. The molecule has 13 aromatic carbocycles. The van der Waals surface area contributed by atoms with Gasteiger partial charge in [-0.2, -0.15) is 0 Å². The van der Waals surface area contributed by atoms with Crippen LogP contribution < -0.4 is 9.80 Å². The van der Waals surface area contributed by atoms with E-state index in [9.17, 15) is 5.48 Å². The van der Waals surface area contributed by atoms with Gasteiger partial charge in [0.2, 0.25) is 0 Å². The number of benzene rings is 13. The summed E-state index contributed by atoms with van der Waals surface area (Å²) in [7, 11) is 0. The molecule has 0 saturated carbocycles. The maximum atomic E-state index is 10.1. The average molecular weight is 996 g/mol. The Balaban J connectivity index is 0.885. The lowest BCUT2D eigenvalue weighted by Gasteiger charge is -2.32.